The lowest BCUT2D eigenvalue weighted by molar-refractivity contribution is 0.0948. The Morgan fingerprint density at radius 1 is 0.867 bits per heavy atom. The summed E-state index contributed by atoms with van der Waals surface area (Å²) in [5.41, 5.74) is 2.67. The number of hydrogen-bond donors (Lipinski definition) is 3. The molecule has 3 amide bonds. The number of amides is 3. The van der Waals surface area contributed by atoms with Gasteiger partial charge in [-0.15, -0.1) is 11.3 Å². The highest BCUT2D eigenvalue weighted by Gasteiger charge is 2.24. The van der Waals surface area contributed by atoms with E-state index in [2.05, 4.69) is 16.0 Å². The Balaban J connectivity index is 1.53. The third kappa shape index (κ3) is 4.58. The zero-order valence-electron chi connectivity index (χ0n) is 16.4. The molecule has 0 unspecified atom stereocenters. The van der Waals surface area contributed by atoms with E-state index in [1.165, 1.54) is 11.3 Å². The number of carbonyl (C=O) groups is 3. The molecule has 7 heteroatoms. The lowest BCUT2D eigenvalue weighted by atomic mass is 10.1. The Hall–Kier alpha value is -3.45. The van der Waals surface area contributed by atoms with Crippen LogP contribution in [0.2, 0.25) is 0 Å². The fourth-order valence-corrected chi connectivity index (χ4v) is 3.58. The van der Waals surface area contributed by atoms with Gasteiger partial charge in [0.25, 0.3) is 17.7 Å². The SMILES string of the molecule is Cc1ccc(C(=O)NC2CC2)cc1NC(=O)c1ccccc1NC(=O)c1cccs1. The third-order valence-electron chi connectivity index (χ3n) is 4.83. The lowest BCUT2D eigenvalue weighted by Crippen LogP contribution is -2.25. The van der Waals surface area contributed by atoms with Gasteiger partial charge < -0.3 is 16.0 Å². The fourth-order valence-electron chi connectivity index (χ4n) is 2.97. The van der Waals surface area contributed by atoms with Crippen molar-refractivity contribution >= 4 is 40.4 Å². The fraction of sp³-hybridized carbons (Fsp3) is 0.174. The number of para-hydroxylation sites is 1. The molecular weight excluding hydrogens is 398 g/mol. The average molecular weight is 420 g/mol. The van der Waals surface area contributed by atoms with Crippen molar-refractivity contribution in [2.75, 3.05) is 10.6 Å². The van der Waals surface area contributed by atoms with Gasteiger partial charge in [-0.25, -0.2) is 0 Å². The van der Waals surface area contributed by atoms with Crippen LogP contribution >= 0.6 is 11.3 Å². The van der Waals surface area contributed by atoms with E-state index in [0.29, 0.717) is 27.4 Å². The predicted molar refractivity (Wildman–Crippen MR) is 118 cm³/mol. The molecule has 3 aromatic rings. The van der Waals surface area contributed by atoms with E-state index in [4.69, 9.17) is 0 Å². The molecule has 6 nitrogen and oxygen atoms in total. The standard InChI is InChI=1S/C23H21N3O3S/c1-14-8-9-15(21(27)24-16-10-11-16)13-19(14)26-22(28)17-5-2-3-6-18(17)25-23(29)20-7-4-12-30-20/h2-9,12-13,16H,10-11H2,1H3,(H,24,27)(H,25,29)(H,26,28). The smallest absolute Gasteiger partial charge is 0.265 e. The molecule has 0 spiro atoms. The second-order valence-electron chi connectivity index (χ2n) is 7.21. The van der Waals surface area contributed by atoms with Gasteiger partial charge in [0.2, 0.25) is 0 Å². The molecule has 1 saturated carbocycles. The van der Waals surface area contributed by atoms with E-state index in [0.717, 1.165) is 18.4 Å². The topological polar surface area (TPSA) is 87.3 Å². The highest BCUT2D eigenvalue weighted by molar-refractivity contribution is 7.12. The van der Waals surface area contributed by atoms with Crippen molar-refractivity contribution in [2.45, 2.75) is 25.8 Å². The monoisotopic (exact) mass is 419 g/mol. The highest BCUT2D eigenvalue weighted by Crippen LogP contribution is 2.23. The van der Waals surface area contributed by atoms with E-state index in [-0.39, 0.29) is 23.8 Å². The van der Waals surface area contributed by atoms with Crippen molar-refractivity contribution in [3.63, 3.8) is 0 Å². The molecule has 0 atom stereocenters. The maximum absolute atomic E-state index is 13.0. The second kappa shape index (κ2) is 8.51. The van der Waals surface area contributed by atoms with Crippen LogP contribution in [0.25, 0.3) is 0 Å². The zero-order chi connectivity index (χ0) is 21.1. The number of benzene rings is 2. The Morgan fingerprint density at radius 2 is 1.63 bits per heavy atom. The van der Waals surface area contributed by atoms with E-state index >= 15 is 0 Å². The van der Waals surface area contributed by atoms with Crippen molar-refractivity contribution in [3.8, 4) is 0 Å². The predicted octanol–water partition coefficient (Wildman–Crippen LogP) is 4.45. The second-order valence-corrected chi connectivity index (χ2v) is 8.16. The van der Waals surface area contributed by atoms with Crippen molar-refractivity contribution < 1.29 is 14.4 Å². The first-order chi connectivity index (χ1) is 14.5. The number of carbonyl (C=O) groups excluding carboxylic acids is 3. The summed E-state index contributed by atoms with van der Waals surface area (Å²) < 4.78 is 0. The highest BCUT2D eigenvalue weighted by atomic mass is 32.1. The van der Waals surface area contributed by atoms with Crippen LogP contribution in [0, 0.1) is 6.92 Å². The van der Waals surface area contributed by atoms with Gasteiger partial charge >= 0.3 is 0 Å². The first kappa shape index (κ1) is 19.8. The molecule has 1 aliphatic carbocycles. The molecule has 1 heterocycles. The zero-order valence-corrected chi connectivity index (χ0v) is 17.2. The molecule has 0 aliphatic heterocycles. The molecule has 4 rings (SSSR count). The third-order valence-corrected chi connectivity index (χ3v) is 5.69. The molecule has 1 fully saturated rings. The van der Waals surface area contributed by atoms with E-state index < -0.39 is 0 Å². The minimum atomic E-state index is -0.361. The normalized spacial score (nSPS) is 12.8. The summed E-state index contributed by atoms with van der Waals surface area (Å²) in [4.78, 5) is 38.3. The molecular formula is C23H21N3O3S. The Labute approximate surface area is 178 Å². The van der Waals surface area contributed by atoms with Gasteiger partial charge in [-0.05, 0) is 61.0 Å². The minimum absolute atomic E-state index is 0.142. The summed E-state index contributed by atoms with van der Waals surface area (Å²) in [7, 11) is 0. The largest absolute Gasteiger partial charge is 0.349 e. The van der Waals surface area contributed by atoms with Crippen molar-refractivity contribution in [1.82, 2.24) is 5.32 Å². The van der Waals surface area contributed by atoms with Gasteiger partial charge in [-0.1, -0.05) is 24.3 Å². The lowest BCUT2D eigenvalue weighted by Gasteiger charge is -2.13. The van der Waals surface area contributed by atoms with E-state index in [1.807, 2.05) is 18.4 Å². The van der Waals surface area contributed by atoms with E-state index in [1.54, 1.807) is 48.5 Å². The minimum Gasteiger partial charge on any atom is -0.349 e. The van der Waals surface area contributed by atoms with Crippen molar-refractivity contribution in [1.29, 1.82) is 0 Å². The van der Waals surface area contributed by atoms with Crippen LogP contribution in [0.3, 0.4) is 0 Å². The number of anilines is 2. The maximum Gasteiger partial charge on any atom is 0.265 e. The molecule has 0 saturated heterocycles. The maximum atomic E-state index is 13.0. The molecule has 3 N–H and O–H groups in total. The van der Waals surface area contributed by atoms with Crippen LogP contribution in [0.1, 0.15) is 48.8 Å². The first-order valence-corrected chi connectivity index (χ1v) is 10.6. The average Bonchev–Trinajstić information content (AvgIpc) is 3.37. The van der Waals surface area contributed by atoms with Crippen LogP contribution in [0.5, 0.6) is 0 Å². The summed E-state index contributed by atoms with van der Waals surface area (Å²) in [5.74, 6) is -0.767. The molecule has 0 bridgehead atoms. The van der Waals surface area contributed by atoms with Crippen LogP contribution in [-0.2, 0) is 0 Å². The Morgan fingerprint density at radius 3 is 2.37 bits per heavy atom. The molecule has 30 heavy (non-hydrogen) atoms. The van der Waals surface area contributed by atoms with Gasteiger partial charge in [0.15, 0.2) is 0 Å². The summed E-state index contributed by atoms with van der Waals surface area (Å²) in [6.07, 6.45) is 2.02. The number of thiophene rings is 1. The quantitative estimate of drug-likeness (QED) is 0.551. The first-order valence-electron chi connectivity index (χ1n) is 9.68. The van der Waals surface area contributed by atoms with Gasteiger partial charge in [-0.3, -0.25) is 14.4 Å². The van der Waals surface area contributed by atoms with Crippen LogP contribution in [-0.4, -0.2) is 23.8 Å². The van der Waals surface area contributed by atoms with Crippen LogP contribution in [0.4, 0.5) is 11.4 Å². The molecule has 0 radical (unpaired) electrons. The number of nitrogens with one attached hydrogen (secondary N) is 3. The van der Waals surface area contributed by atoms with Crippen LogP contribution < -0.4 is 16.0 Å². The van der Waals surface area contributed by atoms with Gasteiger partial charge in [0.05, 0.1) is 16.1 Å². The number of hydrogen-bond acceptors (Lipinski definition) is 4. The number of aryl methyl sites for hydroxylation is 1. The molecule has 1 aromatic heterocycles. The molecule has 2 aromatic carbocycles. The molecule has 1 aliphatic rings. The summed E-state index contributed by atoms with van der Waals surface area (Å²) >= 11 is 1.33. The Bertz CT molecular complexity index is 1100. The summed E-state index contributed by atoms with van der Waals surface area (Å²) in [6, 6.07) is 15.9. The number of rotatable bonds is 6. The molecule has 152 valence electrons. The van der Waals surface area contributed by atoms with Gasteiger partial charge in [0.1, 0.15) is 0 Å². The Kier molecular flexibility index (Phi) is 5.63. The van der Waals surface area contributed by atoms with Crippen LogP contribution in [0.15, 0.2) is 60.0 Å². The van der Waals surface area contributed by atoms with E-state index in [9.17, 15) is 14.4 Å². The van der Waals surface area contributed by atoms with Gasteiger partial charge in [0, 0.05) is 17.3 Å². The van der Waals surface area contributed by atoms with Crippen molar-refractivity contribution in [3.05, 3.63) is 81.5 Å². The van der Waals surface area contributed by atoms with Crippen molar-refractivity contribution in [2.24, 2.45) is 0 Å². The van der Waals surface area contributed by atoms with Gasteiger partial charge in [-0.2, -0.15) is 0 Å². The summed E-state index contributed by atoms with van der Waals surface area (Å²) in [5, 5.41) is 10.4. The summed E-state index contributed by atoms with van der Waals surface area (Å²) in [6.45, 7) is 1.86.